The first-order chi connectivity index (χ1) is 19.4. The normalized spacial score (nSPS) is 23.1. The molecule has 208 valence electrons. The number of halogens is 3. The van der Waals surface area contributed by atoms with Crippen LogP contribution in [0.5, 0.6) is 11.5 Å². The SMILES string of the molecule is CC1(c2ccc(Cl)cc2F)Oc2cccc(C3CCN(Cc4nc5cc(Br)ncc5n4C[C@@H]4CCO4)CC3)c2O1. The van der Waals surface area contributed by atoms with Crippen molar-refractivity contribution in [3.05, 3.63) is 81.1 Å². The van der Waals surface area contributed by atoms with Gasteiger partial charge in [-0.25, -0.2) is 14.4 Å². The standard InChI is InChI=1S/C30H29BrClFN4O3/c1-30(22-6-5-19(32)13-23(22)33)39-26-4-2-3-21(29(26)40-30)18-7-10-36(11-8-18)17-28-35-24-14-27(31)34-15-25(24)37(28)16-20-9-12-38-20/h2-6,13-15,18,20H,7-12,16-17H2,1H3/t20-,30?/m0/s1. The van der Waals surface area contributed by atoms with Gasteiger partial charge in [0.25, 0.3) is 5.79 Å². The molecule has 0 bridgehead atoms. The number of hydrogen-bond donors (Lipinski definition) is 0. The van der Waals surface area contributed by atoms with Crippen molar-refractivity contribution in [1.29, 1.82) is 0 Å². The second-order valence-corrected chi connectivity index (χ2v) is 12.2. The van der Waals surface area contributed by atoms with Crippen LogP contribution in [0.3, 0.4) is 0 Å². The summed E-state index contributed by atoms with van der Waals surface area (Å²) in [6.45, 7) is 6.01. The van der Waals surface area contributed by atoms with Crippen molar-refractivity contribution in [2.45, 2.75) is 57.1 Å². The van der Waals surface area contributed by atoms with Gasteiger partial charge in [0.05, 0.1) is 42.0 Å². The number of imidazole rings is 1. The Hall–Kier alpha value is -2.72. The summed E-state index contributed by atoms with van der Waals surface area (Å²) < 4.78 is 36.1. The molecule has 2 aromatic carbocycles. The van der Waals surface area contributed by atoms with Crippen molar-refractivity contribution >= 4 is 38.6 Å². The topological polar surface area (TPSA) is 61.6 Å². The van der Waals surface area contributed by atoms with E-state index in [4.69, 9.17) is 30.8 Å². The molecule has 0 N–H and O–H groups in total. The predicted octanol–water partition coefficient (Wildman–Crippen LogP) is 6.80. The molecule has 2 atom stereocenters. The van der Waals surface area contributed by atoms with Gasteiger partial charge in [0.15, 0.2) is 11.5 Å². The molecule has 0 saturated carbocycles. The van der Waals surface area contributed by atoms with Gasteiger partial charge in [-0.15, -0.1) is 0 Å². The number of ether oxygens (including phenoxy) is 3. The molecule has 0 spiro atoms. The largest absolute Gasteiger partial charge is 0.444 e. The molecule has 10 heteroatoms. The van der Waals surface area contributed by atoms with Gasteiger partial charge in [-0.1, -0.05) is 23.7 Å². The Bertz CT molecular complexity index is 1590. The van der Waals surface area contributed by atoms with E-state index >= 15 is 0 Å². The van der Waals surface area contributed by atoms with Gasteiger partial charge >= 0.3 is 0 Å². The number of benzene rings is 2. The fourth-order valence-electron chi connectivity index (χ4n) is 6.04. The summed E-state index contributed by atoms with van der Waals surface area (Å²) in [7, 11) is 0. The molecule has 40 heavy (non-hydrogen) atoms. The molecule has 4 aromatic rings. The third-order valence-electron chi connectivity index (χ3n) is 8.28. The van der Waals surface area contributed by atoms with E-state index in [2.05, 4.69) is 36.4 Å². The summed E-state index contributed by atoms with van der Waals surface area (Å²) >= 11 is 9.45. The lowest BCUT2D eigenvalue weighted by atomic mass is 9.88. The summed E-state index contributed by atoms with van der Waals surface area (Å²) in [6, 6.07) is 12.5. The Balaban J connectivity index is 1.07. The molecular formula is C30H29BrClFN4O3. The molecule has 7 nitrogen and oxygen atoms in total. The molecule has 0 amide bonds. The summed E-state index contributed by atoms with van der Waals surface area (Å²) in [5, 5.41) is 0.337. The monoisotopic (exact) mass is 626 g/mol. The van der Waals surface area contributed by atoms with Crippen molar-refractivity contribution in [2.24, 2.45) is 0 Å². The molecule has 0 radical (unpaired) electrons. The molecule has 3 aliphatic rings. The maximum Gasteiger partial charge on any atom is 0.278 e. The van der Waals surface area contributed by atoms with Crippen LogP contribution in [0.2, 0.25) is 5.02 Å². The first-order valence-corrected chi connectivity index (χ1v) is 14.8. The fourth-order valence-corrected chi connectivity index (χ4v) is 6.52. The van der Waals surface area contributed by atoms with Crippen LogP contribution < -0.4 is 9.47 Å². The first kappa shape index (κ1) is 26.2. The number of nitrogens with zero attached hydrogens (tertiary/aromatic N) is 4. The van der Waals surface area contributed by atoms with E-state index in [9.17, 15) is 4.39 Å². The van der Waals surface area contributed by atoms with Gasteiger partial charge in [-0.3, -0.25) is 4.90 Å². The maximum absolute atomic E-state index is 14.8. The van der Waals surface area contributed by atoms with E-state index in [0.717, 1.165) is 79.1 Å². The highest BCUT2D eigenvalue weighted by atomic mass is 79.9. The quantitative estimate of drug-likeness (QED) is 0.219. The minimum absolute atomic E-state index is 0.236. The Labute approximate surface area is 245 Å². The van der Waals surface area contributed by atoms with Crippen molar-refractivity contribution in [2.75, 3.05) is 19.7 Å². The number of rotatable bonds is 6. The van der Waals surface area contributed by atoms with Crippen LogP contribution in [0.4, 0.5) is 4.39 Å². The zero-order valence-electron chi connectivity index (χ0n) is 22.1. The molecule has 0 aliphatic carbocycles. The fraction of sp³-hybridized carbons (Fsp3) is 0.400. The van der Waals surface area contributed by atoms with Gasteiger partial charge < -0.3 is 18.8 Å². The van der Waals surface area contributed by atoms with Crippen LogP contribution in [0, 0.1) is 5.82 Å². The van der Waals surface area contributed by atoms with E-state index in [0.29, 0.717) is 28.0 Å². The van der Waals surface area contributed by atoms with Gasteiger partial charge in [0.1, 0.15) is 16.2 Å². The van der Waals surface area contributed by atoms with Crippen molar-refractivity contribution in [3.8, 4) is 11.5 Å². The number of likely N-dealkylation sites (tertiary alicyclic amines) is 1. The Morgan fingerprint density at radius 1 is 1.12 bits per heavy atom. The van der Waals surface area contributed by atoms with Crippen LogP contribution >= 0.6 is 27.5 Å². The van der Waals surface area contributed by atoms with Crippen molar-refractivity contribution < 1.29 is 18.6 Å². The Morgan fingerprint density at radius 2 is 1.95 bits per heavy atom. The highest BCUT2D eigenvalue weighted by Gasteiger charge is 2.43. The lowest BCUT2D eigenvalue weighted by Crippen LogP contribution is -2.35. The van der Waals surface area contributed by atoms with E-state index in [1.807, 2.05) is 24.4 Å². The molecule has 2 saturated heterocycles. The summed E-state index contributed by atoms with van der Waals surface area (Å²) in [5.41, 5.74) is 3.43. The van der Waals surface area contributed by atoms with Crippen LogP contribution in [0.1, 0.15) is 49.1 Å². The molecule has 5 heterocycles. The summed E-state index contributed by atoms with van der Waals surface area (Å²) in [4.78, 5) is 11.9. The number of para-hydroxylation sites is 1. The zero-order chi connectivity index (χ0) is 27.4. The third-order valence-corrected chi connectivity index (χ3v) is 8.95. The summed E-state index contributed by atoms with van der Waals surface area (Å²) in [6.07, 6.45) is 5.16. The van der Waals surface area contributed by atoms with Crippen molar-refractivity contribution in [1.82, 2.24) is 19.4 Å². The minimum Gasteiger partial charge on any atom is -0.444 e. The van der Waals surface area contributed by atoms with Crippen LogP contribution in [0.25, 0.3) is 11.0 Å². The summed E-state index contributed by atoms with van der Waals surface area (Å²) in [5.74, 6) is 1.01. The Kier molecular flexibility index (Phi) is 6.73. The van der Waals surface area contributed by atoms with Gasteiger partial charge in [-0.05, 0) is 84.5 Å². The van der Waals surface area contributed by atoms with Gasteiger partial charge in [0, 0.05) is 24.1 Å². The lowest BCUT2D eigenvalue weighted by molar-refractivity contribution is -0.0712. The number of hydrogen-bond acceptors (Lipinski definition) is 6. The molecule has 2 fully saturated rings. The number of pyridine rings is 1. The second kappa shape index (κ2) is 10.3. The van der Waals surface area contributed by atoms with Crippen LogP contribution in [-0.2, 0) is 23.6 Å². The average Bonchev–Trinajstić information content (AvgIpc) is 3.42. The lowest BCUT2D eigenvalue weighted by Gasteiger charge is -2.33. The second-order valence-electron chi connectivity index (χ2n) is 10.9. The van der Waals surface area contributed by atoms with E-state index < -0.39 is 11.6 Å². The van der Waals surface area contributed by atoms with Crippen molar-refractivity contribution in [3.63, 3.8) is 0 Å². The molecule has 3 aliphatic heterocycles. The van der Waals surface area contributed by atoms with Gasteiger partial charge in [-0.2, -0.15) is 0 Å². The highest BCUT2D eigenvalue weighted by molar-refractivity contribution is 9.10. The highest BCUT2D eigenvalue weighted by Crippen LogP contribution is 2.49. The minimum atomic E-state index is -1.25. The molecule has 1 unspecified atom stereocenters. The molecular weight excluding hydrogens is 599 g/mol. The molecule has 2 aromatic heterocycles. The van der Waals surface area contributed by atoms with E-state index in [-0.39, 0.29) is 6.10 Å². The number of fused-ring (bicyclic) bond motifs is 2. The van der Waals surface area contributed by atoms with E-state index in [1.54, 1.807) is 19.1 Å². The third kappa shape index (κ3) is 4.76. The van der Waals surface area contributed by atoms with Gasteiger partial charge in [0.2, 0.25) is 0 Å². The van der Waals surface area contributed by atoms with Crippen LogP contribution in [0.15, 0.2) is 53.3 Å². The molecule has 7 rings (SSSR count). The van der Waals surface area contributed by atoms with Crippen LogP contribution in [-0.4, -0.2) is 45.2 Å². The maximum atomic E-state index is 14.8. The van der Waals surface area contributed by atoms with E-state index in [1.165, 1.54) is 6.07 Å². The Morgan fingerprint density at radius 3 is 2.70 bits per heavy atom. The zero-order valence-corrected chi connectivity index (χ0v) is 24.4. The average molecular weight is 628 g/mol. The number of aromatic nitrogens is 3. The smallest absolute Gasteiger partial charge is 0.278 e. The number of piperidine rings is 1. The predicted molar refractivity (Wildman–Crippen MR) is 153 cm³/mol. The first-order valence-electron chi connectivity index (χ1n) is 13.7.